The zero-order valence-electron chi connectivity index (χ0n) is 16.9. The van der Waals surface area contributed by atoms with Crippen molar-refractivity contribution in [2.24, 2.45) is 0 Å². The summed E-state index contributed by atoms with van der Waals surface area (Å²) >= 11 is 0. The molecule has 0 saturated carbocycles. The minimum Gasteiger partial charge on any atom is -0.449 e. The third kappa shape index (κ3) is 3.87. The lowest BCUT2D eigenvalue weighted by Gasteiger charge is -2.17. The number of hydrogen-bond donors (Lipinski definition) is 1. The quantitative estimate of drug-likeness (QED) is 0.465. The number of para-hydroxylation sites is 1. The van der Waals surface area contributed by atoms with Crippen LogP contribution in [0.25, 0.3) is 21.7 Å². The number of anilines is 1. The molecule has 1 atom stereocenters. The van der Waals surface area contributed by atoms with E-state index in [2.05, 4.69) is 10.3 Å². The van der Waals surface area contributed by atoms with Crippen LogP contribution in [0.1, 0.15) is 29.4 Å². The van der Waals surface area contributed by atoms with Crippen molar-refractivity contribution in [3.8, 4) is 0 Å². The number of nitrogens with one attached hydrogen (secondary N) is 1. The predicted molar refractivity (Wildman–Crippen MR) is 119 cm³/mol. The average Bonchev–Trinajstić information content (AvgIpc) is 2.76. The van der Waals surface area contributed by atoms with E-state index in [4.69, 9.17) is 4.74 Å². The second kappa shape index (κ2) is 8.33. The highest BCUT2D eigenvalue weighted by molar-refractivity contribution is 6.06. The summed E-state index contributed by atoms with van der Waals surface area (Å²) in [6.07, 6.45) is -0.534. The summed E-state index contributed by atoms with van der Waals surface area (Å²) in [6.45, 7) is 3.64. The van der Waals surface area contributed by atoms with Crippen molar-refractivity contribution in [1.29, 1.82) is 0 Å². The smallest absolute Gasteiger partial charge is 0.339 e. The van der Waals surface area contributed by atoms with Crippen LogP contribution in [0.4, 0.5) is 5.69 Å². The molecule has 1 amide bonds. The Bertz CT molecular complexity index is 1240. The number of pyridine rings is 1. The monoisotopic (exact) mass is 398 g/mol. The first-order valence-electron chi connectivity index (χ1n) is 9.93. The van der Waals surface area contributed by atoms with Gasteiger partial charge in [-0.15, -0.1) is 0 Å². The number of hydrogen-bond acceptors (Lipinski definition) is 4. The molecule has 5 heteroatoms. The Hall–Kier alpha value is -3.73. The summed E-state index contributed by atoms with van der Waals surface area (Å²) in [5.74, 6) is -0.881. The summed E-state index contributed by atoms with van der Waals surface area (Å²) in [4.78, 5) is 30.3. The van der Waals surface area contributed by atoms with Gasteiger partial charge in [-0.05, 0) is 36.9 Å². The van der Waals surface area contributed by atoms with Crippen molar-refractivity contribution >= 4 is 39.2 Å². The number of esters is 1. The molecule has 1 N–H and O–H groups in total. The predicted octanol–water partition coefficient (Wildman–Crippen LogP) is 5.27. The zero-order valence-corrected chi connectivity index (χ0v) is 16.9. The van der Waals surface area contributed by atoms with E-state index in [1.54, 1.807) is 6.07 Å². The molecule has 0 aliphatic heterocycles. The van der Waals surface area contributed by atoms with Crippen LogP contribution in [0, 0.1) is 6.92 Å². The Kier molecular flexibility index (Phi) is 5.44. The number of aromatic nitrogens is 1. The number of carbonyl (C=O) groups is 2. The molecule has 1 heterocycles. The molecule has 30 heavy (non-hydrogen) atoms. The van der Waals surface area contributed by atoms with Gasteiger partial charge in [-0.25, -0.2) is 4.79 Å². The van der Waals surface area contributed by atoms with E-state index >= 15 is 0 Å². The number of benzene rings is 3. The Morgan fingerprint density at radius 3 is 2.47 bits per heavy atom. The molecule has 0 fully saturated rings. The minimum absolute atomic E-state index is 0.350. The first-order chi connectivity index (χ1) is 14.6. The number of rotatable bonds is 5. The first kappa shape index (κ1) is 19.6. The molecule has 0 aliphatic rings. The number of ether oxygens (including phenoxy) is 1. The molecule has 0 radical (unpaired) electrons. The van der Waals surface area contributed by atoms with E-state index in [0.717, 1.165) is 16.3 Å². The second-order valence-corrected chi connectivity index (χ2v) is 7.15. The summed E-state index contributed by atoms with van der Waals surface area (Å²) in [6, 6.07) is 22.6. The van der Waals surface area contributed by atoms with Gasteiger partial charge in [-0.3, -0.25) is 9.78 Å². The Morgan fingerprint density at radius 1 is 0.967 bits per heavy atom. The zero-order chi connectivity index (χ0) is 21.1. The Balaban J connectivity index is 1.57. The number of carbonyl (C=O) groups excluding carboxylic acids is 2. The molecular formula is C25H22N2O3. The van der Waals surface area contributed by atoms with Crippen molar-refractivity contribution in [3.05, 3.63) is 84.1 Å². The standard InChI is InChI=1S/C25H22N2O3/c1-3-23(24(28)27-21-14-8-10-17-9-4-5-11-18(17)21)30-25(29)20-15-16(2)26-22-13-7-6-12-19(20)22/h4-15,23H,3H2,1-2H3,(H,27,28)/t23-/m1/s1. The van der Waals surface area contributed by atoms with Gasteiger partial charge < -0.3 is 10.1 Å². The van der Waals surface area contributed by atoms with E-state index in [-0.39, 0.29) is 5.91 Å². The molecule has 4 rings (SSSR count). The van der Waals surface area contributed by atoms with Gasteiger partial charge in [0.05, 0.1) is 11.1 Å². The molecule has 3 aromatic carbocycles. The van der Waals surface area contributed by atoms with Gasteiger partial charge in [0.15, 0.2) is 6.10 Å². The van der Waals surface area contributed by atoms with Gasteiger partial charge >= 0.3 is 5.97 Å². The van der Waals surface area contributed by atoms with Crippen LogP contribution < -0.4 is 5.32 Å². The van der Waals surface area contributed by atoms with Crippen LogP contribution in [-0.2, 0) is 9.53 Å². The summed E-state index contributed by atoms with van der Waals surface area (Å²) in [7, 11) is 0. The van der Waals surface area contributed by atoms with Crippen LogP contribution in [0.5, 0.6) is 0 Å². The highest BCUT2D eigenvalue weighted by atomic mass is 16.5. The van der Waals surface area contributed by atoms with Gasteiger partial charge in [0, 0.05) is 22.2 Å². The fourth-order valence-electron chi connectivity index (χ4n) is 3.54. The molecular weight excluding hydrogens is 376 g/mol. The third-order valence-corrected chi connectivity index (χ3v) is 5.02. The summed E-state index contributed by atoms with van der Waals surface area (Å²) in [5.41, 5.74) is 2.54. The van der Waals surface area contributed by atoms with E-state index < -0.39 is 12.1 Å². The van der Waals surface area contributed by atoms with E-state index in [1.807, 2.05) is 80.6 Å². The van der Waals surface area contributed by atoms with E-state index in [0.29, 0.717) is 28.8 Å². The van der Waals surface area contributed by atoms with Crippen LogP contribution in [0.2, 0.25) is 0 Å². The maximum Gasteiger partial charge on any atom is 0.339 e. The average molecular weight is 398 g/mol. The normalized spacial score (nSPS) is 11.9. The summed E-state index contributed by atoms with van der Waals surface area (Å²) in [5, 5.41) is 5.58. The lowest BCUT2D eigenvalue weighted by molar-refractivity contribution is -0.124. The number of amides is 1. The van der Waals surface area contributed by atoms with Crippen molar-refractivity contribution in [2.75, 3.05) is 5.32 Å². The van der Waals surface area contributed by atoms with Crippen LogP contribution in [0.15, 0.2) is 72.8 Å². The highest BCUT2D eigenvalue weighted by Crippen LogP contribution is 2.24. The fourth-order valence-corrected chi connectivity index (χ4v) is 3.54. The molecule has 0 unspecified atom stereocenters. The highest BCUT2D eigenvalue weighted by Gasteiger charge is 2.24. The van der Waals surface area contributed by atoms with Gasteiger partial charge in [-0.1, -0.05) is 61.5 Å². The van der Waals surface area contributed by atoms with Crippen molar-refractivity contribution in [1.82, 2.24) is 4.98 Å². The van der Waals surface area contributed by atoms with Crippen molar-refractivity contribution < 1.29 is 14.3 Å². The Labute approximate surface area is 174 Å². The first-order valence-corrected chi connectivity index (χ1v) is 9.93. The SMILES string of the molecule is CC[C@@H](OC(=O)c1cc(C)nc2ccccc12)C(=O)Nc1cccc2ccccc12. The Morgan fingerprint density at radius 2 is 1.67 bits per heavy atom. The molecule has 0 saturated heterocycles. The van der Waals surface area contributed by atoms with E-state index in [9.17, 15) is 9.59 Å². The number of fused-ring (bicyclic) bond motifs is 2. The lowest BCUT2D eigenvalue weighted by Crippen LogP contribution is -2.32. The maximum absolute atomic E-state index is 12.9. The van der Waals surface area contributed by atoms with Crippen molar-refractivity contribution in [3.63, 3.8) is 0 Å². The number of aryl methyl sites for hydroxylation is 1. The maximum atomic E-state index is 12.9. The van der Waals surface area contributed by atoms with Gasteiger partial charge in [0.1, 0.15) is 0 Å². The molecule has 0 spiro atoms. The van der Waals surface area contributed by atoms with Crippen molar-refractivity contribution in [2.45, 2.75) is 26.4 Å². The molecule has 5 nitrogen and oxygen atoms in total. The van der Waals surface area contributed by atoms with Gasteiger partial charge in [0.25, 0.3) is 5.91 Å². The topological polar surface area (TPSA) is 68.3 Å². The largest absolute Gasteiger partial charge is 0.449 e. The van der Waals surface area contributed by atoms with Gasteiger partial charge in [0.2, 0.25) is 0 Å². The minimum atomic E-state index is -0.899. The molecule has 1 aromatic heterocycles. The molecule has 150 valence electrons. The van der Waals surface area contributed by atoms with Crippen LogP contribution >= 0.6 is 0 Å². The molecule has 0 bridgehead atoms. The molecule has 4 aromatic rings. The van der Waals surface area contributed by atoms with Crippen LogP contribution in [-0.4, -0.2) is 23.0 Å². The summed E-state index contributed by atoms with van der Waals surface area (Å²) < 4.78 is 5.62. The third-order valence-electron chi connectivity index (χ3n) is 5.02. The fraction of sp³-hybridized carbons (Fsp3) is 0.160. The molecule has 0 aliphatic carbocycles. The van der Waals surface area contributed by atoms with Gasteiger partial charge in [-0.2, -0.15) is 0 Å². The lowest BCUT2D eigenvalue weighted by atomic mass is 10.1. The number of nitrogens with zero attached hydrogens (tertiary/aromatic N) is 1. The van der Waals surface area contributed by atoms with Crippen LogP contribution in [0.3, 0.4) is 0 Å². The van der Waals surface area contributed by atoms with E-state index in [1.165, 1.54) is 0 Å². The second-order valence-electron chi connectivity index (χ2n) is 7.15.